The first-order chi connectivity index (χ1) is 9.04. The van der Waals surface area contributed by atoms with Crippen LogP contribution in [0.1, 0.15) is 31.3 Å². The smallest absolute Gasteiger partial charge is 0.185 e. The molecular weight excluding hydrogens is 258 g/mol. The largest absolute Gasteiger partial charge is 0.380 e. The molecule has 110 valence electrons. The third kappa shape index (κ3) is 5.89. The summed E-state index contributed by atoms with van der Waals surface area (Å²) in [5, 5.41) is 4.56. The Balaban J connectivity index is 2.47. The van der Waals surface area contributed by atoms with Crippen LogP contribution in [0.25, 0.3) is 0 Å². The lowest BCUT2D eigenvalue weighted by Gasteiger charge is -2.15. The average Bonchev–Trinajstić information content (AvgIpc) is 2.71. The molecule has 0 saturated heterocycles. The minimum Gasteiger partial charge on any atom is -0.380 e. The van der Waals surface area contributed by atoms with Crippen LogP contribution in [0.5, 0.6) is 0 Å². The van der Waals surface area contributed by atoms with E-state index in [1.807, 2.05) is 6.92 Å². The van der Waals surface area contributed by atoms with Crippen molar-refractivity contribution in [2.75, 3.05) is 38.3 Å². The van der Waals surface area contributed by atoms with Crippen molar-refractivity contribution in [2.45, 2.75) is 34.2 Å². The lowest BCUT2D eigenvalue weighted by Crippen LogP contribution is -2.22. The maximum atomic E-state index is 5.38. The Bertz CT molecular complexity index is 366. The van der Waals surface area contributed by atoms with Crippen LogP contribution in [0.2, 0.25) is 0 Å². The number of hydrogen-bond acceptors (Lipinski definition) is 5. The lowest BCUT2D eigenvalue weighted by molar-refractivity contribution is 0.154. The van der Waals surface area contributed by atoms with E-state index in [0.717, 1.165) is 43.7 Å². The second kappa shape index (κ2) is 8.51. The van der Waals surface area contributed by atoms with Crippen LogP contribution >= 0.6 is 11.3 Å². The number of hydrogen-bond donors (Lipinski definition) is 1. The number of likely N-dealkylation sites (N-methyl/N-ethyl adjacent to an activating group) is 1. The molecule has 0 saturated carbocycles. The molecule has 0 atom stereocenters. The molecule has 0 aliphatic rings. The van der Waals surface area contributed by atoms with E-state index < -0.39 is 0 Å². The zero-order chi connectivity index (χ0) is 14.3. The van der Waals surface area contributed by atoms with E-state index >= 15 is 0 Å². The summed E-state index contributed by atoms with van der Waals surface area (Å²) in [4.78, 5) is 8.13. The predicted octanol–water partition coefficient (Wildman–Crippen LogP) is 2.67. The van der Waals surface area contributed by atoms with Crippen molar-refractivity contribution in [3.8, 4) is 0 Å². The molecule has 0 bridgehead atoms. The highest BCUT2D eigenvalue weighted by molar-refractivity contribution is 7.15. The zero-order valence-electron chi connectivity index (χ0n) is 12.8. The molecule has 0 spiro atoms. The fourth-order valence-corrected chi connectivity index (χ4v) is 2.67. The van der Waals surface area contributed by atoms with Crippen LogP contribution in [0.3, 0.4) is 0 Å². The molecule has 5 heteroatoms. The molecule has 0 radical (unpaired) electrons. The molecule has 1 rings (SSSR count). The molecule has 1 aromatic heterocycles. The maximum Gasteiger partial charge on any atom is 0.185 e. The minimum absolute atomic E-state index is 0.682. The van der Waals surface area contributed by atoms with Gasteiger partial charge in [0.15, 0.2) is 5.13 Å². The fraction of sp³-hybridized carbons (Fsp3) is 0.786. The van der Waals surface area contributed by atoms with Gasteiger partial charge in [0.25, 0.3) is 0 Å². The van der Waals surface area contributed by atoms with E-state index in [1.165, 1.54) is 4.88 Å². The molecule has 0 aromatic carbocycles. The van der Waals surface area contributed by atoms with Crippen LogP contribution in [0.15, 0.2) is 0 Å². The van der Waals surface area contributed by atoms with Gasteiger partial charge in [0.05, 0.1) is 12.3 Å². The number of thiazole rings is 1. The lowest BCUT2D eigenvalue weighted by atomic mass is 10.2. The number of ether oxygens (including phenoxy) is 1. The molecule has 4 nitrogen and oxygen atoms in total. The number of anilines is 1. The van der Waals surface area contributed by atoms with Crippen molar-refractivity contribution in [1.29, 1.82) is 0 Å². The van der Waals surface area contributed by atoms with Crippen molar-refractivity contribution >= 4 is 16.5 Å². The van der Waals surface area contributed by atoms with Crippen molar-refractivity contribution in [1.82, 2.24) is 10.3 Å². The molecule has 0 unspecified atom stereocenters. The van der Waals surface area contributed by atoms with Gasteiger partial charge in [-0.1, -0.05) is 13.8 Å². The van der Waals surface area contributed by atoms with E-state index in [-0.39, 0.29) is 0 Å². The summed E-state index contributed by atoms with van der Waals surface area (Å²) < 4.78 is 5.38. The summed E-state index contributed by atoms with van der Waals surface area (Å²) in [5.74, 6) is 0.682. The predicted molar refractivity (Wildman–Crippen MR) is 83.2 cm³/mol. The Labute approximate surface area is 121 Å². The first kappa shape index (κ1) is 16.4. The highest BCUT2D eigenvalue weighted by atomic mass is 32.1. The van der Waals surface area contributed by atoms with Crippen molar-refractivity contribution in [3.63, 3.8) is 0 Å². The fourth-order valence-electron chi connectivity index (χ4n) is 1.66. The van der Waals surface area contributed by atoms with Gasteiger partial charge in [-0.2, -0.15) is 0 Å². The standard InChI is InChI=1S/C14H27N3OS/c1-6-18-8-7-17(5)14-16-12(4)13(19-14)10-15-9-11(2)3/h11,15H,6-10H2,1-5H3. The average molecular weight is 285 g/mol. The van der Waals surface area contributed by atoms with Crippen LogP contribution < -0.4 is 10.2 Å². The summed E-state index contributed by atoms with van der Waals surface area (Å²) in [5.41, 5.74) is 1.14. The monoisotopic (exact) mass is 285 g/mol. The van der Waals surface area contributed by atoms with Gasteiger partial charge in [-0.15, -0.1) is 11.3 Å². The highest BCUT2D eigenvalue weighted by Gasteiger charge is 2.10. The molecule has 0 aliphatic carbocycles. The van der Waals surface area contributed by atoms with Gasteiger partial charge in [-0.05, 0) is 26.3 Å². The molecule has 0 fully saturated rings. The van der Waals surface area contributed by atoms with E-state index in [9.17, 15) is 0 Å². The molecule has 0 amide bonds. The topological polar surface area (TPSA) is 37.4 Å². The third-order valence-electron chi connectivity index (χ3n) is 2.82. The van der Waals surface area contributed by atoms with Crippen molar-refractivity contribution < 1.29 is 4.74 Å². The number of aromatic nitrogens is 1. The van der Waals surface area contributed by atoms with Gasteiger partial charge in [0.2, 0.25) is 0 Å². The normalized spacial score (nSPS) is 11.3. The molecule has 19 heavy (non-hydrogen) atoms. The Morgan fingerprint density at radius 1 is 1.42 bits per heavy atom. The number of nitrogens with zero attached hydrogens (tertiary/aromatic N) is 2. The highest BCUT2D eigenvalue weighted by Crippen LogP contribution is 2.25. The maximum absolute atomic E-state index is 5.38. The second-order valence-electron chi connectivity index (χ2n) is 5.15. The second-order valence-corrected chi connectivity index (χ2v) is 6.21. The molecule has 1 aromatic rings. The van der Waals surface area contributed by atoms with Crippen molar-refractivity contribution in [3.05, 3.63) is 10.6 Å². The summed E-state index contributed by atoms with van der Waals surface area (Å²) in [6, 6.07) is 0. The Morgan fingerprint density at radius 2 is 2.16 bits per heavy atom. The SMILES string of the molecule is CCOCCN(C)c1nc(C)c(CNCC(C)C)s1. The zero-order valence-corrected chi connectivity index (χ0v) is 13.6. The van der Waals surface area contributed by atoms with Gasteiger partial charge in [-0.25, -0.2) is 4.98 Å². The van der Waals surface area contributed by atoms with Crippen molar-refractivity contribution in [2.24, 2.45) is 5.92 Å². The van der Waals surface area contributed by atoms with Gasteiger partial charge in [-0.3, -0.25) is 0 Å². The first-order valence-corrected chi connectivity index (χ1v) is 7.82. The number of rotatable bonds is 9. The van der Waals surface area contributed by atoms with Crippen LogP contribution in [-0.4, -0.2) is 38.3 Å². The molecular formula is C14H27N3OS. The Hall–Kier alpha value is -0.650. The van der Waals surface area contributed by atoms with Gasteiger partial charge in [0, 0.05) is 31.6 Å². The van der Waals surface area contributed by atoms with E-state index in [1.54, 1.807) is 11.3 Å². The summed E-state index contributed by atoms with van der Waals surface area (Å²) in [6.07, 6.45) is 0. The van der Waals surface area contributed by atoms with E-state index in [2.05, 4.69) is 43.0 Å². The van der Waals surface area contributed by atoms with Crippen LogP contribution in [0, 0.1) is 12.8 Å². The quantitative estimate of drug-likeness (QED) is 0.708. The molecule has 1 heterocycles. The Kier molecular flexibility index (Phi) is 7.34. The first-order valence-electron chi connectivity index (χ1n) is 7.00. The number of aryl methyl sites for hydroxylation is 1. The van der Waals surface area contributed by atoms with Crippen LogP contribution in [-0.2, 0) is 11.3 Å². The van der Waals surface area contributed by atoms with Crippen LogP contribution in [0.4, 0.5) is 5.13 Å². The Morgan fingerprint density at radius 3 is 2.79 bits per heavy atom. The van der Waals surface area contributed by atoms with Gasteiger partial charge < -0.3 is 15.0 Å². The third-order valence-corrected chi connectivity index (χ3v) is 4.09. The van der Waals surface area contributed by atoms with Gasteiger partial charge in [0.1, 0.15) is 0 Å². The minimum atomic E-state index is 0.682. The van der Waals surface area contributed by atoms with Gasteiger partial charge >= 0.3 is 0 Å². The van der Waals surface area contributed by atoms with E-state index in [4.69, 9.17) is 4.74 Å². The molecule has 0 aliphatic heterocycles. The summed E-state index contributed by atoms with van der Waals surface area (Å²) in [6.45, 7) is 12.9. The summed E-state index contributed by atoms with van der Waals surface area (Å²) >= 11 is 1.77. The summed E-state index contributed by atoms with van der Waals surface area (Å²) in [7, 11) is 2.07. The van der Waals surface area contributed by atoms with E-state index in [0.29, 0.717) is 5.92 Å². The molecule has 1 N–H and O–H groups in total. The number of nitrogens with one attached hydrogen (secondary N) is 1.